The highest BCUT2D eigenvalue weighted by Crippen LogP contribution is 2.15. The van der Waals surface area contributed by atoms with Gasteiger partial charge in [0.2, 0.25) is 0 Å². The SMILES string of the molecule is O=C(COC(=O)CCc1ccccc1)Nc1cc(F)ccc1F. The summed E-state index contributed by atoms with van der Waals surface area (Å²) in [5.74, 6) is -2.72. The fourth-order valence-corrected chi connectivity index (χ4v) is 1.89. The van der Waals surface area contributed by atoms with Crippen LogP contribution in [0.1, 0.15) is 12.0 Å². The Balaban J connectivity index is 1.75. The highest BCUT2D eigenvalue weighted by molar-refractivity contribution is 5.92. The molecule has 6 heteroatoms. The fraction of sp³-hybridized carbons (Fsp3) is 0.176. The molecule has 0 aliphatic heterocycles. The second kappa shape index (κ2) is 8.03. The van der Waals surface area contributed by atoms with Gasteiger partial charge in [0.1, 0.15) is 11.6 Å². The van der Waals surface area contributed by atoms with Crippen LogP contribution in [0.15, 0.2) is 48.5 Å². The Morgan fingerprint density at radius 3 is 2.52 bits per heavy atom. The zero-order valence-corrected chi connectivity index (χ0v) is 12.2. The number of hydrogen-bond acceptors (Lipinski definition) is 3. The minimum atomic E-state index is -0.768. The Labute approximate surface area is 132 Å². The molecular weight excluding hydrogens is 304 g/mol. The second-order valence-corrected chi connectivity index (χ2v) is 4.82. The van der Waals surface area contributed by atoms with E-state index in [2.05, 4.69) is 5.32 Å². The number of ether oxygens (including phenoxy) is 1. The summed E-state index contributed by atoms with van der Waals surface area (Å²) in [5, 5.41) is 2.15. The molecule has 0 heterocycles. The summed E-state index contributed by atoms with van der Waals surface area (Å²) in [6, 6.07) is 12.1. The first-order valence-corrected chi connectivity index (χ1v) is 6.99. The van der Waals surface area contributed by atoms with Crippen molar-refractivity contribution in [1.82, 2.24) is 0 Å². The molecule has 0 radical (unpaired) electrons. The first kappa shape index (κ1) is 16.6. The normalized spacial score (nSPS) is 10.2. The lowest BCUT2D eigenvalue weighted by molar-refractivity contribution is -0.147. The maximum atomic E-state index is 13.3. The van der Waals surface area contributed by atoms with Crippen molar-refractivity contribution < 1.29 is 23.1 Å². The van der Waals surface area contributed by atoms with Gasteiger partial charge >= 0.3 is 5.97 Å². The molecular formula is C17H15F2NO3. The molecule has 0 fully saturated rings. The van der Waals surface area contributed by atoms with Crippen molar-refractivity contribution in [3.63, 3.8) is 0 Å². The molecule has 2 rings (SSSR count). The summed E-state index contributed by atoms with van der Waals surface area (Å²) in [7, 11) is 0. The van der Waals surface area contributed by atoms with Crippen molar-refractivity contribution >= 4 is 17.6 Å². The van der Waals surface area contributed by atoms with Gasteiger partial charge < -0.3 is 10.1 Å². The van der Waals surface area contributed by atoms with Crippen molar-refractivity contribution in [3.8, 4) is 0 Å². The number of nitrogens with one attached hydrogen (secondary N) is 1. The topological polar surface area (TPSA) is 55.4 Å². The van der Waals surface area contributed by atoms with Crippen molar-refractivity contribution in [1.29, 1.82) is 0 Å². The lowest BCUT2D eigenvalue weighted by Gasteiger charge is -2.07. The van der Waals surface area contributed by atoms with Crippen molar-refractivity contribution in [3.05, 3.63) is 65.7 Å². The van der Waals surface area contributed by atoms with Gasteiger partial charge in [-0.05, 0) is 24.1 Å². The number of carbonyl (C=O) groups excluding carboxylic acids is 2. The maximum Gasteiger partial charge on any atom is 0.306 e. The van der Waals surface area contributed by atoms with E-state index in [1.54, 1.807) is 0 Å². The molecule has 23 heavy (non-hydrogen) atoms. The highest BCUT2D eigenvalue weighted by Gasteiger charge is 2.11. The van der Waals surface area contributed by atoms with E-state index >= 15 is 0 Å². The van der Waals surface area contributed by atoms with Crippen LogP contribution in [0.4, 0.5) is 14.5 Å². The van der Waals surface area contributed by atoms with Crippen LogP contribution in [0.5, 0.6) is 0 Å². The van der Waals surface area contributed by atoms with Crippen LogP contribution >= 0.6 is 0 Å². The number of rotatable bonds is 6. The van der Waals surface area contributed by atoms with Crippen LogP contribution in [0.25, 0.3) is 0 Å². The molecule has 120 valence electrons. The Morgan fingerprint density at radius 1 is 1.04 bits per heavy atom. The van der Waals surface area contributed by atoms with Crippen LogP contribution in [0, 0.1) is 11.6 Å². The number of anilines is 1. The van der Waals surface area contributed by atoms with Gasteiger partial charge in [0.15, 0.2) is 6.61 Å². The van der Waals surface area contributed by atoms with Gasteiger partial charge in [-0.25, -0.2) is 8.78 Å². The lowest BCUT2D eigenvalue weighted by Crippen LogP contribution is -2.21. The zero-order chi connectivity index (χ0) is 16.7. The Bertz CT molecular complexity index is 689. The molecule has 2 aromatic carbocycles. The molecule has 2 aromatic rings. The van der Waals surface area contributed by atoms with E-state index in [1.807, 2.05) is 30.3 Å². The molecule has 1 amide bonds. The summed E-state index contributed by atoms with van der Waals surface area (Å²) in [5.41, 5.74) is 0.686. The van der Waals surface area contributed by atoms with Crippen LogP contribution in [0.3, 0.4) is 0 Å². The molecule has 0 aliphatic carbocycles. The third-order valence-corrected chi connectivity index (χ3v) is 3.03. The first-order chi connectivity index (χ1) is 11.0. The Kier molecular flexibility index (Phi) is 5.80. The summed E-state index contributed by atoms with van der Waals surface area (Å²) in [6.45, 7) is -0.552. The van der Waals surface area contributed by atoms with Crippen molar-refractivity contribution in [2.24, 2.45) is 0 Å². The van der Waals surface area contributed by atoms with E-state index in [-0.39, 0.29) is 12.1 Å². The number of benzene rings is 2. The molecule has 0 aliphatic rings. The van der Waals surface area contributed by atoms with Gasteiger partial charge in [-0.2, -0.15) is 0 Å². The number of esters is 1. The molecule has 0 bridgehead atoms. The molecule has 0 spiro atoms. The van der Waals surface area contributed by atoms with E-state index in [9.17, 15) is 18.4 Å². The quantitative estimate of drug-likeness (QED) is 0.833. The van der Waals surface area contributed by atoms with Gasteiger partial charge in [0.25, 0.3) is 5.91 Å². The molecule has 4 nitrogen and oxygen atoms in total. The first-order valence-electron chi connectivity index (χ1n) is 6.99. The minimum absolute atomic E-state index is 0.131. The summed E-state index contributed by atoms with van der Waals surface area (Å²) < 4.78 is 31.1. The van der Waals surface area contributed by atoms with E-state index in [0.717, 1.165) is 23.8 Å². The van der Waals surface area contributed by atoms with E-state index in [1.165, 1.54) is 0 Å². The molecule has 0 aromatic heterocycles. The highest BCUT2D eigenvalue weighted by atomic mass is 19.1. The van der Waals surface area contributed by atoms with E-state index in [4.69, 9.17) is 4.74 Å². The van der Waals surface area contributed by atoms with Crippen molar-refractivity contribution in [2.75, 3.05) is 11.9 Å². The van der Waals surface area contributed by atoms with Gasteiger partial charge in [-0.1, -0.05) is 30.3 Å². The lowest BCUT2D eigenvalue weighted by atomic mass is 10.1. The third-order valence-electron chi connectivity index (χ3n) is 3.03. The van der Waals surface area contributed by atoms with Crippen LogP contribution in [-0.4, -0.2) is 18.5 Å². The average Bonchev–Trinajstić information content (AvgIpc) is 2.55. The number of carbonyl (C=O) groups is 2. The standard InChI is InChI=1S/C17H15F2NO3/c18-13-7-8-14(19)15(10-13)20-16(21)11-23-17(22)9-6-12-4-2-1-3-5-12/h1-5,7-8,10H,6,9,11H2,(H,20,21). The monoisotopic (exact) mass is 319 g/mol. The number of aryl methyl sites for hydroxylation is 1. The van der Waals surface area contributed by atoms with Gasteiger partial charge in [-0.3, -0.25) is 9.59 Å². The fourth-order valence-electron chi connectivity index (χ4n) is 1.89. The molecule has 0 unspecified atom stereocenters. The predicted octanol–water partition coefficient (Wildman–Crippen LogP) is 3.08. The minimum Gasteiger partial charge on any atom is -0.456 e. The summed E-state index contributed by atoms with van der Waals surface area (Å²) >= 11 is 0. The van der Waals surface area contributed by atoms with Gasteiger partial charge in [0, 0.05) is 12.5 Å². The van der Waals surface area contributed by atoms with Gasteiger partial charge in [-0.15, -0.1) is 0 Å². The molecule has 0 saturated carbocycles. The Morgan fingerprint density at radius 2 is 1.78 bits per heavy atom. The second-order valence-electron chi connectivity index (χ2n) is 4.82. The average molecular weight is 319 g/mol. The maximum absolute atomic E-state index is 13.3. The largest absolute Gasteiger partial charge is 0.456 e. The van der Waals surface area contributed by atoms with Crippen LogP contribution in [-0.2, 0) is 20.7 Å². The number of amides is 1. The molecule has 0 saturated heterocycles. The smallest absolute Gasteiger partial charge is 0.306 e. The summed E-state index contributed by atoms with van der Waals surface area (Å²) in [6.07, 6.45) is 0.630. The van der Waals surface area contributed by atoms with E-state index < -0.39 is 30.1 Å². The molecule has 0 atom stereocenters. The third kappa shape index (κ3) is 5.50. The van der Waals surface area contributed by atoms with E-state index in [0.29, 0.717) is 6.42 Å². The number of hydrogen-bond donors (Lipinski definition) is 1. The van der Waals surface area contributed by atoms with Gasteiger partial charge in [0.05, 0.1) is 5.69 Å². The zero-order valence-electron chi connectivity index (χ0n) is 12.2. The predicted molar refractivity (Wildman–Crippen MR) is 80.7 cm³/mol. The Hall–Kier alpha value is -2.76. The molecule has 1 N–H and O–H groups in total. The van der Waals surface area contributed by atoms with Crippen molar-refractivity contribution in [2.45, 2.75) is 12.8 Å². The summed E-state index contributed by atoms with van der Waals surface area (Å²) in [4.78, 5) is 23.1. The van der Waals surface area contributed by atoms with Crippen LogP contribution in [0.2, 0.25) is 0 Å². The number of halogens is 2. The van der Waals surface area contributed by atoms with Crippen LogP contribution < -0.4 is 5.32 Å².